The molecule has 6 nitrogen and oxygen atoms in total. The summed E-state index contributed by atoms with van der Waals surface area (Å²) >= 11 is 0. The lowest BCUT2D eigenvalue weighted by atomic mass is 9.93. The number of fused-ring (bicyclic) bond motifs is 30. The van der Waals surface area contributed by atoms with Crippen molar-refractivity contribution in [1.29, 1.82) is 0 Å². The highest BCUT2D eigenvalue weighted by Gasteiger charge is 2.24. The zero-order valence-corrected chi connectivity index (χ0v) is 68.4. The van der Waals surface area contributed by atoms with Gasteiger partial charge in [-0.05, 0) is 240 Å². The lowest BCUT2D eigenvalue weighted by Gasteiger charge is -2.27. The van der Waals surface area contributed by atoms with Crippen molar-refractivity contribution in [1.82, 2.24) is 0 Å². The van der Waals surface area contributed by atoms with Gasteiger partial charge in [0, 0.05) is 95.0 Å². The molecule has 0 radical (unpaired) electrons. The molecule has 0 spiro atoms. The van der Waals surface area contributed by atoms with Crippen LogP contribution in [0.2, 0.25) is 0 Å². The highest BCUT2D eigenvalue weighted by molar-refractivity contribution is 6.27. The number of nitrogens with zero attached hydrogens (tertiary/aromatic N) is 3. The molecule has 0 fully saturated rings. The summed E-state index contributed by atoms with van der Waals surface area (Å²) in [4.78, 5) is 7.02. The van der Waals surface area contributed by atoms with Crippen LogP contribution in [0.4, 0.5) is 51.2 Å². The van der Waals surface area contributed by atoms with Crippen LogP contribution in [0, 0.1) is 0 Å². The van der Waals surface area contributed by atoms with Crippen molar-refractivity contribution in [3.8, 4) is 0 Å². The molecule has 0 unspecified atom stereocenters. The summed E-state index contributed by atoms with van der Waals surface area (Å²) in [7, 11) is 0. The minimum Gasteiger partial charge on any atom is -0.456 e. The second-order valence-corrected chi connectivity index (χ2v) is 32.8. The summed E-state index contributed by atoms with van der Waals surface area (Å²) in [5.41, 5.74) is 15.3. The van der Waals surface area contributed by atoms with Gasteiger partial charge in [-0.3, -0.25) is 0 Å². The predicted octanol–water partition coefficient (Wildman–Crippen LogP) is 35.0. The van der Waals surface area contributed by atoms with Crippen LogP contribution in [0.3, 0.4) is 0 Å². The number of anilines is 9. The summed E-state index contributed by atoms with van der Waals surface area (Å²) < 4.78 is 18.7. The number of para-hydroxylation sites is 6. The van der Waals surface area contributed by atoms with Crippen LogP contribution >= 0.6 is 0 Å². The maximum Gasteiger partial charge on any atom is 0.137 e. The second kappa shape index (κ2) is 29.5. The van der Waals surface area contributed by atoms with E-state index >= 15 is 0 Å². The Labute approximate surface area is 724 Å². The van der Waals surface area contributed by atoms with Crippen LogP contribution in [0.15, 0.2) is 468 Å². The van der Waals surface area contributed by atoms with Gasteiger partial charge in [0.15, 0.2) is 0 Å². The van der Waals surface area contributed by atoms with Gasteiger partial charge in [-0.2, -0.15) is 0 Å². The molecule has 0 aliphatic rings. The van der Waals surface area contributed by atoms with E-state index in [4.69, 9.17) is 13.3 Å². The number of hydrogen-bond acceptors (Lipinski definition) is 6. The number of rotatable bonds is 9. The van der Waals surface area contributed by atoms with Gasteiger partial charge in [0.1, 0.15) is 33.5 Å². The first-order valence-electron chi connectivity index (χ1n) is 43.1. The molecule has 126 heavy (non-hydrogen) atoms. The first-order chi connectivity index (χ1) is 62.5. The van der Waals surface area contributed by atoms with Crippen molar-refractivity contribution >= 4 is 246 Å². The van der Waals surface area contributed by atoms with Crippen molar-refractivity contribution in [2.24, 2.45) is 0 Å². The van der Waals surface area contributed by atoms with Crippen molar-refractivity contribution in [3.63, 3.8) is 0 Å². The van der Waals surface area contributed by atoms with Crippen molar-refractivity contribution in [2.45, 2.75) is 0 Å². The monoisotopic (exact) mass is 1610 g/mol. The topological polar surface area (TPSA) is 49.1 Å². The Kier molecular flexibility index (Phi) is 16.9. The number of benzene rings is 24. The van der Waals surface area contributed by atoms with Crippen molar-refractivity contribution < 1.29 is 13.3 Å². The number of furan rings is 3. The molecule has 0 bridgehead atoms. The third-order valence-corrected chi connectivity index (χ3v) is 25.9. The Morgan fingerprint density at radius 2 is 0.349 bits per heavy atom. The minimum atomic E-state index is 0.888. The predicted molar refractivity (Wildman–Crippen MR) is 535 cm³/mol. The quantitative estimate of drug-likeness (QED) is 0.134. The van der Waals surface area contributed by atoms with E-state index < -0.39 is 0 Å². The zero-order chi connectivity index (χ0) is 82.9. The molecule has 0 aliphatic heterocycles. The molecule has 6 heteroatoms. The fourth-order valence-corrected chi connectivity index (χ4v) is 20.1. The Hall–Kier alpha value is -16.8. The van der Waals surface area contributed by atoms with E-state index in [0.29, 0.717) is 0 Å². The normalized spacial score (nSPS) is 11.8. The molecular formula is C120H75N3O3. The molecule has 0 saturated carbocycles. The van der Waals surface area contributed by atoms with Gasteiger partial charge in [-0.25, -0.2) is 0 Å². The third kappa shape index (κ3) is 11.9. The fraction of sp³-hybridized carbons (Fsp3) is 0. The van der Waals surface area contributed by atoms with Crippen molar-refractivity contribution in [2.75, 3.05) is 14.7 Å². The maximum atomic E-state index is 6.30. The summed E-state index contributed by atoms with van der Waals surface area (Å²) in [5.74, 6) is 0. The summed E-state index contributed by atoms with van der Waals surface area (Å²) in [6.07, 6.45) is 0. The van der Waals surface area contributed by atoms with Gasteiger partial charge in [0.2, 0.25) is 0 Å². The van der Waals surface area contributed by atoms with Crippen LogP contribution in [-0.4, -0.2) is 0 Å². The van der Waals surface area contributed by atoms with Gasteiger partial charge in [-0.15, -0.1) is 0 Å². The molecule has 0 saturated heterocycles. The van der Waals surface area contributed by atoms with Crippen LogP contribution in [-0.2, 0) is 0 Å². The first kappa shape index (κ1) is 72.1. The van der Waals surface area contributed by atoms with Gasteiger partial charge < -0.3 is 28.0 Å². The molecule has 0 atom stereocenters. The molecule has 0 aliphatic carbocycles. The van der Waals surface area contributed by atoms with E-state index in [9.17, 15) is 0 Å². The van der Waals surface area contributed by atoms with E-state index in [-0.39, 0.29) is 0 Å². The standard InChI is InChI=1S/3C40H25NO/c1-2-10-27(11-3-1)41(28-18-24-40-37(25-28)36-13-6-7-16-39(36)42-40)38-15-8-14-30-33-21-20-31-29-12-5-4-9-26(29)17-19-32(31)34(33)22-23-35(30)38;1-2-10-27(11-3-1)41(28-18-20-37-36-13-6-7-16-39(36)42-40(37)25-28)38-15-8-14-30-33-22-21-31-29-12-5-4-9-26(29)17-19-32(31)34(33)23-24-35(30)38;1-2-9-28(10-3-1)41(30-17-21-38-37-12-6-7-13-39(37)42-40(38)25-30)29-16-20-32-27(24-29)15-19-36-34(32)23-22-33-31-11-5-4-8-26(31)14-18-35(33)36/h3*1-25H. The molecule has 27 aromatic rings. The Morgan fingerprint density at radius 1 is 0.111 bits per heavy atom. The molecule has 0 amide bonds. The van der Waals surface area contributed by atoms with Crippen molar-refractivity contribution in [3.05, 3.63) is 455 Å². The van der Waals surface area contributed by atoms with Crippen LogP contribution < -0.4 is 14.7 Å². The minimum absolute atomic E-state index is 0.888. The summed E-state index contributed by atoms with van der Waals surface area (Å²) in [5, 5.41) is 37.3. The Bertz CT molecular complexity index is 9080. The lowest BCUT2D eigenvalue weighted by molar-refractivity contribution is 0.668. The van der Waals surface area contributed by atoms with Crippen LogP contribution in [0.1, 0.15) is 0 Å². The molecule has 0 N–H and O–H groups in total. The summed E-state index contributed by atoms with van der Waals surface area (Å²) in [6, 6.07) is 163. The van der Waals surface area contributed by atoms with E-state index in [0.717, 1.165) is 117 Å². The SMILES string of the molecule is c1ccc(N(c2ccc3c(c2)oc2ccccc23)c2cccc3c2ccc2c3ccc3c4ccccc4ccc32)cc1.c1ccc(N(c2ccc3c(ccc4c3ccc3c5ccccc5ccc34)c2)c2ccc3c(c2)oc2ccccc23)cc1.c1ccc(N(c2ccc3oc4ccccc4c3c2)c2cccc3c2ccc2c3ccc3c4ccccc4ccc32)cc1. The van der Waals surface area contributed by atoms with E-state index in [1.807, 2.05) is 36.4 Å². The molecule has 3 heterocycles. The van der Waals surface area contributed by atoms with E-state index in [2.05, 4.69) is 433 Å². The van der Waals surface area contributed by atoms with Gasteiger partial charge in [0.05, 0.1) is 11.4 Å². The molecular weight excluding hydrogens is 1530 g/mol. The van der Waals surface area contributed by atoms with Gasteiger partial charge in [-0.1, -0.05) is 322 Å². The highest BCUT2D eigenvalue weighted by Crippen LogP contribution is 2.49. The van der Waals surface area contributed by atoms with Gasteiger partial charge in [0.25, 0.3) is 0 Å². The Morgan fingerprint density at radius 3 is 0.762 bits per heavy atom. The highest BCUT2D eigenvalue weighted by atomic mass is 16.3. The lowest BCUT2D eigenvalue weighted by Crippen LogP contribution is -2.10. The van der Waals surface area contributed by atoms with E-state index in [1.54, 1.807) is 0 Å². The number of hydrogen-bond donors (Lipinski definition) is 0. The average molecular weight is 1610 g/mol. The molecule has 24 aromatic carbocycles. The first-order valence-corrected chi connectivity index (χ1v) is 43.1. The third-order valence-electron chi connectivity index (χ3n) is 25.9. The molecule has 588 valence electrons. The smallest absolute Gasteiger partial charge is 0.137 e. The fourth-order valence-electron chi connectivity index (χ4n) is 20.1. The largest absolute Gasteiger partial charge is 0.456 e. The van der Waals surface area contributed by atoms with Crippen LogP contribution in [0.5, 0.6) is 0 Å². The van der Waals surface area contributed by atoms with Gasteiger partial charge >= 0.3 is 0 Å². The Balaban J connectivity index is 0.000000103. The second-order valence-electron chi connectivity index (χ2n) is 32.8. The molecule has 27 rings (SSSR count). The van der Waals surface area contributed by atoms with E-state index in [1.165, 1.54) is 129 Å². The maximum absolute atomic E-state index is 6.30. The zero-order valence-electron chi connectivity index (χ0n) is 68.4. The average Bonchev–Trinajstić information content (AvgIpc) is 0.937. The molecule has 3 aromatic heterocycles. The van der Waals surface area contributed by atoms with Crippen LogP contribution in [0.25, 0.3) is 195 Å². The summed E-state index contributed by atoms with van der Waals surface area (Å²) in [6.45, 7) is 0.